The SMILES string of the molecule is C=CC(C)(CC(C)CCCCC(C)CC=CC)C(C)CC(C)(C)CC(C)CCCCCC. The second-order valence-corrected chi connectivity index (χ2v) is 12.6. The van der Waals surface area contributed by atoms with E-state index in [9.17, 15) is 0 Å². The van der Waals surface area contributed by atoms with Crippen LogP contribution in [-0.4, -0.2) is 0 Å². The van der Waals surface area contributed by atoms with Crippen LogP contribution < -0.4 is 0 Å². The Bertz CT molecular complexity index is 484. The third kappa shape index (κ3) is 14.6. The molecule has 0 heterocycles. The first-order valence-corrected chi connectivity index (χ1v) is 14.2. The molecule has 0 heteroatoms. The van der Waals surface area contributed by atoms with E-state index in [0.717, 1.165) is 17.8 Å². The van der Waals surface area contributed by atoms with Gasteiger partial charge in [0.1, 0.15) is 0 Å². The molecular formula is C32H62. The summed E-state index contributed by atoms with van der Waals surface area (Å²) in [6.07, 6.45) is 24.5. The molecule has 0 nitrogen and oxygen atoms in total. The van der Waals surface area contributed by atoms with Gasteiger partial charge in [-0.15, -0.1) is 6.58 Å². The minimum absolute atomic E-state index is 0.250. The maximum Gasteiger partial charge on any atom is -0.0121 e. The molecule has 0 aromatic rings. The summed E-state index contributed by atoms with van der Waals surface area (Å²) in [5.41, 5.74) is 0.667. The number of hydrogen-bond donors (Lipinski definition) is 0. The van der Waals surface area contributed by atoms with Crippen molar-refractivity contribution in [3.8, 4) is 0 Å². The molecule has 0 saturated carbocycles. The highest BCUT2D eigenvalue weighted by atomic mass is 14.4. The van der Waals surface area contributed by atoms with Gasteiger partial charge < -0.3 is 0 Å². The Balaban J connectivity index is 4.52. The number of allylic oxidation sites excluding steroid dienone is 3. The Morgan fingerprint density at radius 3 is 1.78 bits per heavy atom. The minimum Gasteiger partial charge on any atom is -0.103 e. The summed E-state index contributed by atoms with van der Waals surface area (Å²) in [4.78, 5) is 0. The van der Waals surface area contributed by atoms with Gasteiger partial charge in [0.2, 0.25) is 0 Å². The highest BCUT2D eigenvalue weighted by molar-refractivity contribution is 4.97. The lowest BCUT2D eigenvalue weighted by molar-refractivity contribution is 0.130. The van der Waals surface area contributed by atoms with Crippen LogP contribution in [0.25, 0.3) is 0 Å². The van der Waals surface area contributed by atoms with Gasteiger partial charge in [-0.25, -0.2) is 0 Å². The van der Waals surface area contributed by atoms with E-state index in [0.29, 0.717) is 11.3 Å². The Morgan fingerprint density at radius 2 is 1.25 bits per heavy atom. The Labute approximate surface area is 205 Å². The maximum atomic E-state index is 4.30. The summed E-state index contributed by atoms with van der Waals surface area (Å²) in [6, 6.07) is 0. The largest absolute Gasteiger partial charge is 0.103 e. The molecular weight excluding hydrogens is 384 g/mol. The van der Waals surface area contributed by atoms with Gasteiger partial charge >= 0.3 is 0 Å². The van der Waals surface area contributed by atoms with E-state index in [1.165, 1.54) is 83.5 Å². The number of hydrogen-bond acceptors (Lipinski definition) is 0. The molecule has 0 bridgehead atoms. The smallest absolute Gasteiger partial charge is 0.0121 e. The first kappa shape index (κ1) is 31.5. The molecule has 32 heavy (non-hydrogen) atoms. The predicted molar refractivity (Wildman–Crippen MR) is 149 cm³/mol. The second-order valence-electron chi connectivity index (χ2n) is 12.6. The molecule has 0 saturated heterocycles. The third-order valence-corrected chi connectivity index (χ3v) is 8.11. The summed E-state index contributed by atoms with van der Waals surface area (Å²) in [7, 11) is 0. The van der Waals surface area contributed by atoms with Crippen molar-refractivity contribution in [3.05, 3.63) is 24.8 Å². The van der Waals surface area contributed by atoms with Crippen LogP contribution in [-0.2, 0) is 0 Å². The molecule has 0 fully saturated rings. The van der Waals surface area contributed by atoms with E-state index in [4.69, 9.17) is 0 Å². The highest BCUT2D eigenvalue weighted by Gasteiger charge is 2.34. The first-order valence-electron chi connectivity index (χ1n) is 14.2. The van der Waals surface area contributed by atoms with Crippen LogP contribution in [0.15, 0.2) is 24.8 Å². The van der Waals surface area contributed by atoms with Crippen LogP contribution in [0.1, 0.15) is 146 Å². The zero-order chi connectivity index (χ0) is 24.6. The molecule has 0 aliphatic rings. The Kier molecular flexibility index (Phi) is 16.7. The average molecular weight is 447 g/mol. The summed E-state index contributed by atoms with van der Waals surface area (Å²) >= 11 is 0. The van der Waals surface area contributed by atoms with Crippen molar-refractivity contribution < 1.29 is 0 Å². The van der Waals surface area contributed by atoms with Crippen LogP contribution in [0.3, 0.4) is 0 Å². The van der Waals surface area contributed by atoms with Crippen LogP contribution in [0.5, 0.6) is 0 Å². The first-order chi connectivity index (χ1) is 15.0. The predicted octanol–water partition coefficient (Wildman–Crippen LogP) is 11.4. The average Bonchev–Trinajstić information content (AvgIpc) is 2.71. The molecule has 190 valence electrons. The van der Waals surface area contributed by atoms with Crippen molar-refractivity contribution in [2.75, 3.05) is 0 Å². The van der Waals surface area contributed by atoms with E-state index < -0.39 is 0 Å². The van der Waals surface area contributed by atoms with Gasteiger partial charge in [-0.3, -0.25) is 0 Å². The zero-order valence-electron chi connectivity index (χ0n) is 23.9. The lowest BCUT2D eigenvalue weighted by Crippen LogP contribution is -2.30. The van der Waals surface area contributed by atoms with Gasteiger partial charge in [0.15, 0.2) is 0 Å². The molecule has 5 unspecified atom stereocenters. The van der Waals surface area contributed by atoms with Crippen LogP contribution in [0, 0.1) is 34.5 Å². The fourth-order valence-electron chi connectivity index (χ4n) is 5.92. The highest BCUT2D eigenvalue weighted by Crippen LogP contribution is 2.44. The summed E-state index contributed by atoms with van der Waals surface area (Å²) in [6.45, 7) is 26.1. The van der Waals surface area contributed by atoms with E-state index in [1.807, 2.05) is 0 Å². The fourth-order valence-corrected chi connectivity index (χ4v) is 5.92. The molecule has 0 aliphatic carbocycles. The summed E-state index contributed by atoms with van der Waals surface area (Å²) in [5, 5.41) is 0. The fraction of sp³-hybridized carbons (Fsp3) is 0.875. The van der Waals surface area contributed by atoms with Crippen molar-refractivity contribution in [2.24, 2.45) is 34.5 Å². The van der Waals surface area contributed by atoms with Gasteiger partial charge in [-0.05, 0) is 67.1 Å². The number of rotatable bonds is 20. The van der Waals surface area contributed by atoms with Crippen LogP contribution >= 0.6 is 0 Å². The monoisotopic (exact) mass is 446 g/mol. The standard InChI is InChI=1S/C32H62/c1-11-14-16-17-22-28(5)24-31(8,9)26-30(7)32(10,13-3)25-29(6)23-19-18-21-27(4)20-15-12-2/h12-13,15,27-30H,3,11,14,16-26H2,1-2,4-10H3. The van der Waals surface area contributed by atoms with Crippen molar-refractivity contribution >= 4 is 0 Å². The third-order valence-electron chi connectivity index (χ3n) is 8.11. The van der Waals surface area contributed by atoms with Gasteiger partial charge in [0.05, 0.1) is 0 Å². The Morgan fingerprint density at radius 1 is 0.719 bits per heavy atom. The van der Waals surface area contributed by atoms with Gasteiger partial charge in [0.25, 0.3) is 0 Å². The zero-order valence-corrected chi connectivity index (χ0v) is 23.9. The molecule has 0 aromatic carbocycles. The lowest BCUT2D eigenvalue weighted by atomic mass is 9.65. The van der Waals surface area contributed by atoms with Crippen LogP contribution in [0.4, 0.5) is 0 Å². The van der Waals surface area contributed by atoms with Gasteiger partial charge in [-0.2, -0.15) is 0 Å². The van der Waals surface area contributed by atoms with E-state index in [1.54, 1.807) is 0 Å². The Hall–Kier alpha value is -0.520. The van der Waals surface area contributed by atoms with Crippen molar-refractivity contribution in [1.82, 2.24) is 0 Å². The molecule has 0 aliphatic heterocycles. The van der Waals surface area contributed by atoms with Gasteiger partial charge in [0, 0.05) is 0 Å². The van der Waals surface area contributed by atoms with Gasteiger partial charge in [-0.1, -0.05) is 131 Å². The van der Waals surface area contributed by atoms with Crippen molar-refractivity contribution in [3.63, 3.8) is 0 Å². The van der Waals surface area contributed by atoms with E-state index in [-0.39, 0.29) is 5.41 Å². The molecule has 0 spiro atoms. The summed E-state index contributed by atoms with van der Waals surface area (Å²) < 4.78 is 0. The molecule has 0 aromatic heterocycles. The van der Waals surface area contributed by atoms with E-state index in [2.05, 4.69) is 87.1 Å². The maximum absolute atomic E-state index is 4.30. The van der Waals surface area contributed by atoms with Crippen LogP contribution in [0.2, 0.25) is 0 Å². The number of unbranched alkanes of at least 4 members (excludes halogenated alkanes) is 4. The minimum atomic E-state index is 0.250. The second kappa shape index (κ2) is 17.0. The normalized spacial score (nSPS) is 18.3. The van der Waals surface area contributed by atoms with E-state index >= 15 is 0 Å². The molecule has 5 atom stereocenters. The van der Waals surface area contributed by atoms with Crippen molar-refractivity contribution in [1.29, 1.82) is 0 Å². The van der Waals surface area contributed by atoms with Crippen molar-refractivity contribution in [2.45, 2.75) is 146 Å². The molecule has 0 N–H and O–H groups in total. The molecule has 0 radical (unpaired) electrons. The summed E-state index contributed by atoms with van der Waals surface area (Å²) in [5.74, 6) is 3.15. The topological polar surface area (TPSA) is 0 Å². The lowest BCUT2D eigenvalue weighted by Gasteiger charge is -2.40. The molecule has 0 amide bonds. The quantitative estimate of drug-likeness (QED) is 0.129. The molecule has 0 rings (SSSR count).